The molecule has 0 aliphatic rings. The molecule has 2 rings (SSSR count). The predicted octanol–water partition coefficient (Wildman–Crippen LogP) is 2.90. The highest BCUT2D eigenvalue weighted by Gasteiger charge is 2.07. The van der Waals surface area contributed by atoms with Crippen LogP contribution in [-0.4, -0.2) is 9.78 Å². The lowest BCUT2D eigenvalue weighted by atomic mass is 10.1. The van der Waals surface area contributed by atoms with Crippen LogP contribution in [0.4, 0.5) is 4.39 Å². The topological polar surface area (TPSA) is 41.6 Å². The van der Waals surface area contributed by atoms with Gasteiger partial charge in [0.25, 0.3) is 0 Å². The monoisotopic (exact) mass is 249 g/mol. The lowest BCUT2D eigenvalue weighted by Gasteiger charge is -2.03. The van der Waals surface area contributed by atoms with E-state index in [1.807, 2.05) is 6.07 Å². The van der Waals surface area contributed by atoms with Crippen LogP contribution in [0.15, 0.2) is 24.4 Å². The first-order chi connectivity index (χ1) is 8.10. The van der Waals surface area contributed by atoms with Crippen LogP contribution in [-0.2, 0) is 6.54 Å². The first kappa shape index (κ1) is 11.6. The molecule has 0 atom stereocenters. The number of nitriles is 1. The van der Waals surface area contributed by atoms with E-state index in [2.05, 4.69) is 5.10 Å². The Labute approximate surface area is 103 Å². The molecule has 0 spiro atoms. The van der Waals surface area contributed by atoms with Crippen LogP contribution < -0.4 is 0 Å². The fourth-order valence-corrected chi connectivity index (χ4v) is 1.66. The first-order valence-electron chi connectivity index (χ1n) is 4.98. The number of halogens is 2. The largest absolute Gasteiger partial charge is 0.266 e. The third kappa shape index (κ3) is 2.45. The molecule has 0 saturated carbocycles. The molecule has 2 aromatic rings. The normalized spacial score (nSPS) is 10.2. The zero-order valence-electron chi connectivity index (χ0n) is 9.11. The van der Waals surface area contributed by atoms with Gasteiger partial charge in [-0.15, -0.1) is 0 Å². The molecule has 1 aromatic heterocycles. The molecular weight excluding hydrogens is 241 g/mol. The molecule has 3 nitrogen and oxygen atoms in total. The van der Waals surface area contributed by atoms with Crippen LogP contribution in [0.2, 0.25) is 5.02 Å². The van der Waals surface area contributed by atoms with E-state index in [0.717, 1.165) is 0 Å². The van der Waals surface area contributed by atoms with Gasteiger partial charge in [-0.05, 0) is 25.1 Å². The fraction of sp³-hybridized carbons (Fsp3) is 0.167. The Balaban J connectivity index is 2.32. The minimum atomic E-state index is -0.353. The van der Waals surface area contributed by atoms with Crippen LogP contribution in [0.1, 0.15) is 16.8 Å². The van der Waals surface area contributed by atoms with Crippen molar-refractivity contribution in [1.82, 2.24) is 9.78 Å². The molecule has 1 aromatic carbocycles. The van der Waals surface area contributed by atoms with Crippen molar-refractivity contribution in [1.29, 1.82) is 5.26 Å². The van der Waals surface area contributed by atoms with Crippen molar-refractivity contribution in [3.05, 3.63) is 52.1 Å². The zero-order chi connectivity index (χ0) is 12.4. The Hall–Kier alpha value is -1.86. The minimum Gasteiger partial charge on any atom is -0.266 e. The van der Waals surface area contributed by atoms with E-state index in [4.69, 9.17) is 16.9 Å². The molecule has 0 saturated heterocycles. The maximum Gasteiger partial charge on any atom is 0.128 e. The number of aryl methyl sites for hydroxylation is 1. The Morgan fingerprint density at radius 3 is 2.88 bits per heavy atom. The highest BCUT2D eigenvalue weighted by Crippen LogP contribution is 2.15. The van der Waals surface area contributed by atoms with Crippen molar-refractivity contribution in [2.24, 2.45) is 0 Å². The quantitative estimate of drug-likeness (QED) is 0.821. The molecule has 0 unspecified atom stereocenters. The van der Waals surface area contributed by atoms with Crippen LogP contribution in [0.3, 0.4) is 0 Å². The Bertz CT molecular complexity index is 579. The lowest BCUT2D eigenvalue weighted by molar-refractivity contribution is 0.583. The number of hydrogen-bond acceptors (Lipinski definition) is 2. The summed E-state index contributed by atoms with van der Waals surface area (Å²) in [6.07, 6.45) is 1.63. The van der Waals surface area contributed by atoms with Gasteiger partial charge in [0.1, 0.15) is 5.82 Å². The maximum absolute atomic E-state index is 13.5. The van der Waals surface area contributed by atoms with Gasteiger partial charge in [0.05, 0.1) is 28.9 Å². The summed E-state index contributed by atoms with van der Waals surface area (Å²) < 4.78 is 15.1. The van der Waals surface area contributed by atoms with Crippen LogP contribution in [0, 0.1) is 24.1 Å². The van der Waals surface area contributed by atoms with Gasteiger partial charge in [0, 0.05) is 11.8 Å². The van der Waals surface area contributed by atoms with Gasteiger partial charge in [-0.2, -0.15) is 10.4 Å². The van der Waals surface area contributed by atoms with Crippen molar-refractivity contribution < 1.29 is 4.39 Å². The summed E-state index contributed by atoms with van der Waals surface area (Å²) in [6, 6.07) is 6.22. The summed E-state index contributed by atoms with van der Waals surface area (Å²) in [7, 11) is 0. The molecule has 0 bridgehead atoms. The van der Waals surface area contributed by atoms with Crippen molar-refractivity contribution in [2.75, 3.05) is 0 Å². The van der Waals surface area contributed by atoms with Gasteiger partial charge in [-0.3, -0.25) is 4.68 Å². The fourth-order valence-electron chi connectivity index (χ4n) is 1.51. The van der Waals surface area contributed by atoms with E-state index < -0.39 is 0 Å². The molecule has 0 aliphatic carbocycles. The second kappa shape index (κ2) is 4.56. The van der Waals surface area contributed by atoms with Crippen molar-refractivity contribution >= 4 is 11.6 Å². The van der Waals surface area contributed by atoms with Crippen LogP contribution in [0.25, 0.3) is 0 Å². The molecule has 0 N–H and O–H groups in total. The highest BCUT2D eigenvalue weighted by atomic mass is 35.5. The van der Waals surface area contributed by atoms with Gasteiger partial charge < -0.3 is 0 Å². The Morgan fingerprint density at radius 2 is 2.29 bits per heavy atom. The van der Waals surface area contributed by atoms with Gasteiger partial charge in [0.2, 0.25) is 0 Å². The molecule has 86 valence electrons. The molecule has 0 fully saturated rings. The van der Waals surface area contributed by atoms with E-state index >= 15 is 0 Å². The summed E-state index contributed by atoms with van der Waals surface area (Å²) >= 11 is 5.86. The van der Waals surface area contributed by atoms with E-state index in [1.165, 1.54) is 18.2 Å². The second-order valence-corrected chi connectivity index (χ2v) is 4.09. The number of hydrogen-bond donors (Lipinski definition) is 0. The number of rotatable bonds is 2. The summed E-state index contributed by atoms with van der Waals surface area (Å²) in [5.74, 6) is -0.353. The molecular formula is C12H9ClFN3. The van der Waals surface area contributed by atoms with Gasteiger partial charge in [0.15, 0.2) is 0 Å². The number of aromatic nitrogens is 2. The summed E-state index contributed by atoms with van der Waals surface area (Å²) in [6.45, 7) is 2.04. The first-order valence-corrected chi connectivity index (χ1v) is 5.36. The predicted molar refractivity (Wildman–Crippen MR) is 62.2 cm³/mol. The minimum absolute atomic E-state index is 0.259. The van der Waals surface area contributed by atoms with E-state index in [1.54, 1.807) is 17.8 Å². The zero-order valence-corrected chi connectivity index (χ0v) is 9.87. The SMILES string of the molecule is Cc1nn(Cc2cc(C#N)ccc2F)cc1Cl. The van der Waals surface area contributed by atoms with Crippen molar-refractivity contribution in [3.8, 4) is 6.07 Å². The van der Waals surface area contributed by atoms with E-state index in [0.29, 0.717) is 21.8 Å². The van der Waals surface area contributed by atoms with E-state index in [9.17, 15) is 4.39 Å². The van der Waals surface area contributed by atoms with Gasteiger partial charge in [-0.25, -0.2) is 4.39 Å². The maximum atomic E-state index is 13.5. The van der Waals surface area contributed by atoms with Gasteiger partial charge >= 0.3 is 0 Å². The molecule has 0 amide bonds. The standard InChI is InChI=1S/C12H9ClFN3/c1-8-11(13)7-17(16-8)6-10-4-9(5-15)2-3-12(10)14/h2-4,7H,6H2,1H3. The summed E-state index contributed by atoms with van der Waals surface area (Å²) in [5.41, 5.74) is 1.54. The Kier molecular flexibility index (Phi) is 3.12. The van der Waals surface area contributed by atoms with Crippen molar-refractivity contribution in [3.63, 3.8) is 0 Å². The summed E-state index contributed by atoms with van der Waals surface area (Å²) in [4.78, 5) is 0. The van der Waals surface area contributed by atoms with Gasteiger partial charge in [-0.1, -0.05) is 11.6 Å². The highest BCUT2D eigenvalue weighted by molar-refractivity contribution is 6.31. The third-order valence-corrected chi connectivity index (χ3v) is 2.76. The van der Waals surface area contributed by atoms with E-state index in [-0.39, 0.29) is 12.4 Å². The molecule has 0 radical (unpaired) electrons. The second-order valence-electron chi connectivity index (χ2n) is 3.68. The summed E-state index contributed by atoms with van der Waals surface area (Å²) in [5, 5.41) is 13.4. The average molecular weight is 250 g/mol. The smallest absolute Gasteiger partial charge is 0.128 e. The third-order valence-electron chi connectivity index (χ3n) is 2.39. The van der Waals surface area contributed by atoms with Crippen LogP contribution >= 0.6 is 11.6 Å². The Morgan fingerprint density at radius 1 is 1.53 bits per heavy atom. The molecule has 17 heavy (non-hydrogen) atoms. The molecule has 1 heterocycles. The van der Waals surface area contributed by atoms with Crippen molar-refractivity contribution in [2.45, 2.75) is 13.5 Å². The number of nitrogens with zero attached hydrogens (tertiary/aromatic N) is 3. The lowest BCUT2D eigenvalue weighted by Crippen LogP contribution is -2.03. The average Bonchev–Trinajstić information content (AvgIpc) is 2.61. The number of benzene rings is 1. The molecule has 5 heteroatoms. The molecule has 0 aliphatic heterocycles. The van der Waals surface area contributed by atoms with Crippen LogP contribution in [0.5, 0.6) is 0 Å².